The summed E-state index contributed by atoms with van der Waals surface area (Å²) < 4.78 is 20.7. The van der Waals surface area contributed by atoms with E-state index in [1.54, 1.807) is 19.1 Å². The van der Waals surface area contributed by atoms with Crippen LogP contribution in [-0.4, -0.2) is 27.3 Å². The van der Waals surface area contributed by atoms with Crippen LogP contribution in [0.1, 0.15) is 16.8 Å². The third kappa shape index (κ3) is 4.38. The molecule has 8 nitrogen and oxygen atoms in total. The van der Waals surface area contributed by atoms with Gasteiger partial charge in [-0.2, -0.15) is 0 Å². The highest BCUT2D eigenvalue weighted by Gasteiger charge is 2.20. The maximum atomic E-state index is 13.8. The van der Waals surface area contributed by atoms with Crippen molar-refractivity contribution < 1.29 is 18.8 Å². The van der Waals surface area contributed by atoms with Crippen LogP contribution in [0.15, 0.2) is 54.7 Å². The molecule has 2 aromatic heterocycles. The Morgan fingerprint density at radius 1 is 1.18 bits per heavy atom. The fourth-order valence-corrected chi connectivity index (χ4v) is 3.66. The predicted octanol–water partition coefficient (Wildman–Crippen LogP) is 4.86. The number of amides is 1. The minimum Gasteiger partial charge on any atom is -0.490 e. The van der Waals surface area contributed by atoms with Crippen molar-refractivity contribution in [1.82, 2.24) is 9.38 Å². The van der Waals surface area contributed by atoms with E-state index >= 15 is 0 Å². The summed E-state index contributed by atoms with van der Waals surface area (Å²) in [5.74, 6) is -0.596. The van der Waals surface area contributed by atoms with E-state index in [9.17, 15) is 19.3 Å². The number of nitro benzene ring substituents is 1. The molecule has 33 heavy (non-hydrogen) atoms. The number of pyridine rings is 1. The Balaban J connectivity index is 1.71. The van der Waals surface area contributed by atoms with E-state index in [2.05, 4.69) is 10.3 Å². The first-order chi connectivity index (χ1) is 15.8. The van der Waals surface area contributed by atoms with Crippen LogP contribution in [0.3, 0.4) is 0 Å². The minimum absolute atomic E-state index is 0.0454. The molecule has 0 bridgehead atoms. The van der Waals surface area contributed by atoms with E-state index in [-0.39, 0.29) is 35.3 Å². The molecule has 0 spiro atoms. The second kappa shape index (κ2) is 8.70. The van der Waals surface area contributed by atoms with Crippen molar-refractivity contribution in [1.29, 1.82) is 0 Å². The Morgan fingerprint density at radius 2 is 1.97 bits per heavy atom. The summed E-state index contributed by atoms with van der Waals surface area (Å²) in [5.41, 5.74) is 4.02. The molecule has 0 radical (unpaired) electrons. The van der Waals surface area contributed by atoms with E-state index < -0.39 is 4.92 Å². The van der Waals surface area contributed by atoms with Crippen LogP contribution in [0.2, 0.25) is 0 Å². The van der Waals surface area contributed by atoms with Crippen LogP contribution in [0.4, 0.5) is 15.8 Å². The summed E-state index contributed by atoms with van der Waals surface area (Å²) in [7, 11) is 1.34. The molecule has 0 aliphatic rings. The summed E-state index contributed by atoms with van der Waals surface area (Å²) in [5, 5.41) is 14.0. The lowest BCUT2D eigenvalue weighted by Gasteiger charge is -2.09. The second-order valence-electron chi connectivity index (χ2n) is 7.67. The van der Waals surface area contributed by atoms with Crippen LogP contribution >= 0.6 is 0 Å². The van der Waals surface area contributed by atoms with Gasteiger partial charge in [0, 0.05) is 23.5 Å². The van der Waals surface area contributed by atoms with Gasteiger partial charge < -0.3 is 14.5 Å². The molecular formula is C24H21FN4O4. The van der Waals surface area contributed by atoms with Gasteiger partial charge in [0.25, 0.3) is 0 Å². The number of nitrogens with zero attached hydrogens (tertiary/aromatic N) is 3. The number of aryl methyl sites for hydroxylation is 2. The lowest BCUT2D eigenvalue weighted by atomic mass is 10.1. The smallest absolute Gasteiger partial charge is 0.312 e. The van der Waals surface area contributed by atoms with E-state index in [1.807, 2.05) is 29.7 Å². The maximum absolute atomic E-state index is 13.8. The number of carbonyl (C=O) groups excluding carboxylic acids is 1. The number of carbonyl (C=O) groups is 1. The Morgan fingerprint density at radius 3 is 2.67 bits per heavy atom. The molecule has 9 heteroatoms. The van der Waals surface area contributed by atoms with Crippen molar-refractivity contribution in [3.05, 3.63) is 87.5 Å². The standard InChI is InChI=1S/C24H21FN4O4/c1-14-4-9-22-27-24(16-5-7-18(25)15(2)10-16)20(28(22)13-14)12-23(30)26-17-6-8-21(33-3)19(11-17)29(31)32/h4-11,13H,12H2,1-3H3,(H,26,30). The van der Waals surface area contributed by atoms with Crippen LogP contribution in [0.25, 0.3) is 16.9 Å². The van der Waals surface area contributed by atoms with Gasteiger partial charge in [-0.1, -0.05) is 6.07 Å². The second-order valence-corrected chi connectivity index (χ2v) is 7.67. The fraction of sp³-hybridized carbons (Fsp3) is 0.167. The van der Waals surface area contributed by atoms with Crippen molar-refractivity contribution in [3.8, 4) is 17.0 Å². The lowest BCUT2D eigenvalue weighted by Crippen LogP contribution is -2.16. The Labute approximate surface area is 188 Å². The molecule has 0 saturated carbocycles. The van der Waals surface area contributed by atoms with Crippen LogP contribution in [0, 0.1) is 29.8 Å². The minimum atomic E-state index is -0.573. The number of nitro groups is 1. The van der Waals surface area contributed by atoms with Crippen molar-refractivity contribution in [2.24, 2.45) is 0 Å². The molecule has 0 atom stereocenters. The molecular weight excluding hydrogens is 427 g/mol. The van der Waals surface area contributed by atoms with Crippen molar-refractivity contribution in [2.75, 3.05) is 12.4 Å². The molecule has 1 amide bonds. The third-order valence-corrected chi connectivity index (χ3v) is 5.28. The van der Waals surface area contributed by atoms with Gasteiger partial charge in [0.15, 0.2) is 5.75 Å². The largest absolute Gasteiger partial charge is 0.490 e. The lowest BCUT2D eigenvalue weighted by molar-refractivity contribution is -0.385. The summed E-state index contributed by atoms with van der Waals surface area (Å²) >= 11 is 0. The Bertz CT molecular complexity index is 1400. The quantitative estimate of drug-likeness (QED) is 0.336. The Kier molecular flexibility index (Phi) is 5.78. The molecule has 0 fully saturated rings. The van der Waals surface area contributed by atoms with Gasteiger partial charge >= 0.3 is 5.69 Å². The van der Waals surface area contributed by atoms with E-state index in [0.717, 1.165) is 5.56 Å². The summed E-state index contributed by atoms with van der Waals surface area (Å²) in [6.07, 6.45) is 1.83. The first-order valence-corrected chi connectivity index (χ1v) is 10.1. The SMILES string of the molecule is COc1ccc(NC(=O)Cc2c(-c3ccc(F)c(C)c3)nc3ccc(C)cn23)cc1[N+](=O)[O-]. The summed E-state index contributed by atoms with van der Waals surface area (Å²) in [4.78, 5) is 28.3. The summed E-state index contributed by atoms with van der Waals surface area (Å²) in [6, 6.07) is 12.7. The maximum Gasteiger partial charge on any atom is 0.312 e. The highest BCUT2D eigenvalue weighted by atomic mass is 19.1. The van der Waals surface area contributed by atoms with Gasteiger partial charge in [0.1, 0.15) is 11.5 Å². The number of ether oxygens (including phenoxy) is 1. The fourth-order valence-electron chi connectivity index (χ4n) is 3.66. The molecule has 2 aromatic carbocycles. The first-order valence-electron chi connectivity index (χ1n) is 10.1. The number of hydrogen-bond acceptors (Lipinski definition) is 5. The van der Waals surface area contributed by atoms with E-state index in [1.165, 1.54) is 31.4 Å². The number of benzene rings is 2. The summed E-state index contributed by atoms with van der Waals surface area (Å²) in [6.45, 7) is 3.60. The molecule has 1 N–H and O–H groups in total. The molecule has 4 aromatic rings. The van der Waals surface area contributed by atoms with Crippen LogP contribution in [-0.2, 0) is 11.2 Å². The van der Waals surface area contributed by atoms with Crippen LogP contribution < -0.4 is 10.1 Å². The van der Waals surface area contributed by atoms with Gasteiger partial charge in [0.05, 0.1) is 29.8 Å². The predicted molar refractivity (Wildman–Crippen MR) is 122 cm³/mol. The Hall–Kier alpha value is -4.27. The zero-order valence-electron chi connectivity index (χ0n) is 18.3. The number of nitrogens with one attached hydrogen (secondary N) is 1. The molecule has 168 valence electrons. The number of aromatic nitrogens is 2. The molecule has 2 heterocycles. The van der Waals surface area contributed by atoms with Gasteiger partial charge in [0.2, 0.25) is 5.91 Å². The van der Waals surface area contributed by atoms with E-state index in [4.69, 9.17) is 4.74 Å². The number of hydrogen-bond donors (Lipinski definition) is 1. The van der Waals surface area contributed by atoms with Gasteiger partial charge in [-0.15, -0.1) is 0 Å². The normalized spacial score (nSPS) is 10.9. The van der Waals surface area contributed by atoms with Gasteiger partial charge in [-0.25, -0.2) is 9.37 Å². The zero-order valence-corrected chi connectivity index (χ0v) is 18.3. The number of halogens is 1. The average Bonchev–Trinajstić information content (AvgIpc) is 3.12. The highest BCUT2D eigenvalue weighted by Crippen LogP contribution is 2.30. The molecule has 4 rings (SSSR count). The topological polar surface area (TPSA) is 98.8 Å². The van der Waals surface area contributed by atoms with E-state index in [0.29, 0.717) is 28.2 Å². The monoisotopic (exact) mass is 448 g/mol. The van der Waals surface area contributed by atoms with Crippen molar-refractivity contribution in [2.45, 2.75) is 20.3 Å². The average molecular weight is 448 g/mol. The van der Waals surface area contributed by atoms with Crippen molar-refractivity contribution >= 4 is 22.9 Å². The number of fused-ring (bicyclic) bond motifs is 1. The van der Waals surface area contributed by atoms with Crippen molar-refractivity contribution in [3.63, 3.8) is 0 Å². The number of imidazole rings is 1. The number of anilines is 1. The third-order valence-electron chi connectivity index (χ3n) is 5.28. The zero-order chi connectivity index (χ0) is 23.7. The molecule has 0 aliphatic carbocycles. The number of rotatable bonds is 6. The highest BCUT2D eigenvalue weighted by molar-refractivity contribution is 5.93. The molecule has 0 aliphatic heterocycles. The van der Waals surface area contributed by atoms with Gasteiger partial charge in [-0.3, -0.25) is 14.9 Å². The molecule has 0 unspecified atom stereocenters. The number of methoxy groups -OCH3 is 1. The molecule has 0 saturated heterocycles. The van der Waals surface area contributed by atoms with Crippen LogP contribution in [0.5, 0.6) is 5.75 Å². The first kappa shape index (κ1) is 21.9. The van der Waals surface area contributed by atoms with Gasteiger partial charge in [-0.05, 0) is 61.4 Å².